The fraction of sp³-hybridized carbons (Fsp3) is 0.318. The average molecular weight is 509 g/mol. The van der Waals surface area contributed by atoms with E-state index in [0.29, 0.717) is 25.7 Å². The van der Waals surface area contributed by atoms with Crippen LogP contribution in [0.1, 0.15) is 23.8 Å². The van der Waals surface area contributed by atoms with Crippen LogP contribution in [0, 0.1) is 6.92 Å². The summed E-state index contributed by atoms with van der Waals surface area (Å²) in [6.45, 7) is 5.80. The van der Waals surface area contributed by atoms with Gasteiger partial charge in [-0.1, -0.05) is 24.3 Å². The molecule has 2 N–H and O–H groups in total. The molecule has 6 nitrogen and oxygen atoms in total. The number of aryl methyl sites for hydroxylation is 1. The van der Waals surface area contributed by atoms with Crippen LogP contribution in [-0.2, 0) is 13.1 Å². The molecule has 0 aliphatic rings. The van der Waals surface area contributed by atoms with E-state index in [-0.39, 0.29) is 24.0 Å². The normalized spacial score (nSPS) is 11.1. The Hall–Kier alpha value is -2.42. The van der Waals surface area contributed by atoms with E-state index in [1.165, 1.54) is 0 Å². The summed E-state index contributed by atoms with van der Waals surface area (Å²) < 4.78 is 16.9. The van der Waals surface area contributed by atoms with Crippen molar-refractivity contribution in [3.63, 3.8) is 0 Å². The van der Waals surface area contributed by atoms with Gasteiger partial charge in [0.15, 0.2) is 17.5 Å². The average Bonchev–Trinajstić information content (AvgIpc) is 3.04. The number of fused-ring (bicyclic) bond motifs is 1. The highest BCUT2D eigenvalue weighted by molar-refractivity contribution is 14.0. The quantitative estimate of drug-likeness (QED) is 0.276. The zero-order valence-corrected chi connectivity index (χ0v) is 19.6. The highest BCUT2D eigenvalue weighted by Crippen LogP contribution is 2.28. The summed E-state index contributed by atoms with van der Waals surface area (Å²) in [4.78, 5) is 4.29. The van der Waals surface area contributed by atoms with E-state index in [4.69, 9.17) is 13.9 Å². The Labute approximate surface area is 188 Å². The van der Waals surface area contributed by atoms with Crippen molar-refractivity contribution in [2.24, 2.45) is 4.99 Å². The number of aliphatic imine (C=N–C) groups is 1. The molecule has 7 heteroatoms. The fourth-order valence-electron chi connectivity index (χ4n) is 3.06. The van der Waals surface area contributed by atoms with Crippen LogP contribution < -0.4 is 20.1 Å². The van der Waals surface area contributed by atoms with Crippen LogP contribution in [0.2, 0.25) is 0 Å². The van der Waals surface area contributed by atoms with Crippen molar-refractivity contribution in [3.8, 4) is 11.5 Å². The Bertz CT molecular complexity index is 969. The van der Waals surface area contributed by atoms with Gasteiger partial charge in [-0.15, -0.1) is 24.0 Å². The number of nitrogens with one attached hydrogen (secondary N) is 2. The van der Waals surface area contributed by atoms with E-state index in [1.807, 2.05) is 43.3 Å². The van der Waals surface area contributed by atoms with Crippen molar-refractivity contribution < 1.29 is 13.9 Å². The molecule has 1 heterocycles. The number of guanidine groups is 1. The molecule has 0 fully saturated rings. The Morgan fingerprint density at radius 3 is 2.52 bits per heavy atom. The highest BCUT2D eigenvalue weighted by Gasteiger charge is 2.11. The molecule has 0 bridgehead atoms. The molecule has 0 aliphatic heterocycles. The number of methoxy groups -OCH3 is 1. The van der Waals surface area contributed by atoms with Crippen molar-refractivity contribution in [3.05, 3.63) is 59.4 Å². The van der Waals surface area contributed by atoms with Crippen molar-refractivity contribution in [1.82, 2.24) is 10.6 Å². The zero-order valence-electron chi connectivity index (χ0n) is 17.2. The van der Waals surface area contributed by atoms with Crippen LogP contribution in [0.3, 0.4) is 0 Å². The first-order chi connectivity index (χ1) is 13.7. The first-order valence-corrected chi connectivity index (χ1v) is 9.37. The molecule has 29 heavy (non-hydrogen) atoms. The van der Waals surface area contributed by atoms with Gasteiger partial charge in [-0.05, 0) is 37.6 Å². The minimum absolute atomic E-state index is 0. The van der Waals surface area contributed by atoms with Crippen molar-refractivity contribution in [2.45, 2.75) is 26.9 Å². The molecule has 0 spiro atoms. The van der Waals surface area contributed by atoms with E-state index in [0.717, 1.165) is 39.4 Å². The Morgan fingerprint density at radius 2 is 1.83 bits per heavy atom. The van der Waals surface area contributed by atoms with E-state index < -0.39 is 0 Å². The maximum absolute atomic E-state index is 5.95. The topological polar surface area (TPSA) is 68.0 Å². The smallest absolute Gasteiger partial charge is 0.191 e. The standard InChI is InChI=1S/C22H27N3O3.HI/c1-5-27-20-12-16(10-11-19(20)26-4)13-24-22(23-3)25-14-21-15(2)17-8-6-7-9-18(17)28-21;/h6-12H,5,13-14H2,1-4H3,(H2,23,24,25);1H. The van der Waals surface area contributed by atoms with Crippen LogP contribution in [-0.4, -0.2) is 26.7 Å². The third-order valence-electron chi connectivity index (χ3n) is 4.57. The summed E-state index contributed by atoms with van der Waals surface area (Å²) in [6.07, 6.45) is 0. The van der Waals surface area contributed by atoms with Crippen molar-refractivity contribution in [2.75, 3.05) is 20.8 Å². The van der Waals surface area contributed by atoms with Gasteiger partial charge in [0.1, 0.15) is 11.3 Å². The minimum Gasteiger partial charge on any atom is -0.493 e. The molecular formula is C22H28IN3O3. The predicted octanol–water partition coefficient (Wildman–Crippen LogP) is 4.63. The van der Waals surface area contributed by atoms with E-state index >= 15 is 0 Å². The van der Waals surface area contributed by atoms with Crippen LogP contribution in [0.4, 0.5) is 0 Å². The lowest BCUT2D eigenvalue weighted by Crippen LogP contribution is -2.36. The van der Waals surface area contributed by atoms with Crippen molar-refractivity contribution in [1.29, 1.82) is 0 Å². The maximum atomic E-state index is 5.95. The third kappa shape index (κ3) is 5.56. The summed E-state index contributed by atoms with van der Waals surface area (Å²) in [7, 11) is 3.39. The molecule has 0 aliphatic carbocycles. The summed E-state index contributed by atoms with van der Waals surface area (Å²) in [5.74, 6) is 3.08. The van der Waals surface area contributed by atoms with Gasteiger partial charge in [0.2, 0.25) is 0 Å². The molecule has 1 aromatic heterocycles. The number of hydrogen-bond acceptors (Lipinski definition) is 4. The van der Waals surface area contributed by atoms with Gasteiger partial charge in [0, 0.05) is 24.5 Å². The summed E-state index contributed by atoms with van der Waals surface area (Å²) in [5, 5.41) is 7.77. The molecule has 2 aromatic carbocycles. The number of furan rings is 1. The minimum atomic E-state index is 0. The van der Waals surface area contributed by atoms with E-state index in [9.17, 15) is 0 Å². The predicted molar refractivity (Wildman–Crippen MR) is 128 cm³/mol. The van der Waals surface area contributed by atoms with Gasteiger partial charge in [0.25, 0.3) is 0 Å². The molecule has 0 unspecified atom stereocenters. The van der Waals surface area contributed by atoms with Crippen LogP contribution in [0.15, 0.2) is 51.9 Å². The van der Waals surface area contributed by atoms with Crippen LogP contribution in [0.25, 0.3) is 11.0 Å². The van der Waals surface area contributed by atoms with Gasteiger partial charge in [-0.3, -0.25) is 4.99 Å². The second kappa shape index (κ2) is 10.9. The molecule has 0 saturated heterocycles. The zero-order chi connectivity index (χ0) is 19.9. The Morgan fingerprint density at radius 1 is 1.07 bits per heavy atom. The lowest BCUT2D eigenvalue weighted by Gasteiger charge is -2.14. The van der Waals surface area contributed by atoms with E-state index in [2.05, 4.69) is 28.6 Å². The first kappa shape index (κ1) is 22.9. The number of rotatable bonds is 7. The highest BCUT2D eigenvalue weighted by atomic mass is 127. The summed E-state index contributed by atoms with van der Waals surface area (Å²) in [5.41, 5.74) is 3.13. The second-order valence-corrected chi connectivity index (χ2v) is 6.34. The lowest BCUT2D eigenvalue weighted by molar-refractivity contribution is 0.310. The van der Waals surface area contributed by atoms with Gasteiger partial charge in [0.05, 0.1) is 20.3 Å². The van der Waals surface area contributed by atoms with Gasteiger partial charge >= 0.3 is 0 Å². The first-order valence-electron chi connectivity index (χ1n) is 9.37. The van der Waals surface area contributed by atoms with Crippen LogP contribution >= 0.6 is 24.0 Å². The molecular weight excluding hydrogens is 481 g/mol. The van der Waals surface area contributed by atoms with Crippen molar-refractivity contribution >= 4 is 40.9 Å². The van der Waals surface area contributed by atoms with Gasteiger partial charge in [-0.25, -0.2) is 0 Å². The molecule has 3 aromatic rings. The molecule has 0 saturated carbocycles. The maximum Gasteiger partial charge on any atom is 0.191 e. The number of halogens is 1. The van der Waals surface area contributed by atoms with Gasteiger partial charge < -0.3 is 24.5 Å². The third-order valence-corrected chi connectivity index (χ3v) is 4.57. The molecule has 0 amide bonds. The number of hydrogen-bond donors (Lipinski definition) is 2. The number of ether oxygens (including phenoxy) is 2. The van der Waals surface area contributed by atoms with Gasteiger partial charge in [-0.2, -0.15) is 0 Å². The number of benzene rings is 2. The fourth-order valence-corrected chi connectivity index (χ4v) is 3.06. The molecule has 3 rings (SSSR count). The SMILES string of the molecule is CCOc1cc(CNC(=NC)NCc2oc3ccccc3c2C)ccc1OC.I. The largest absolute Gasteiger partial charge is 0.493 e. The van der Waals surface area contributed by atoms with E-state index in [1.54, 1.807) is 14.2 Å². The monoisotopic (exact) mass is 509 g/mol. The number of para-hydroxylation sites is 1. The molecule has 156 valence electrons. The lowest BCUT2D eigenvalue weighted by atomic mass is 10.1. The summed E-state index contributed by atoms with van der Waals surface area (Å²) in [6, 6.07) is 14.0. The number of nitrogens with zero attached hydrogens (tertiary/aromatic N) is 1. The Kier molecular flexibility index (Phi) is 8.63. The van der Waals surface area contributed by atoms with Crippen LogP contribution in [0.5, 0.6) is 11.5 Å². The second-order valence-electron chi connectivity index (χ2n) is 6.34. The molecule has 0 radical (unpaired) electrons. The Balaban J connectivity index is 0.00000300. The molecule has 0 atom stereocenters. The summed E-state index contributed by atoms with van der Waals surface area (Å²) >= 11 is 0.